The van der Waals surface area contributed by atoms with E-state index in [9.17, 15) is 0 Å². The van der Waals surface area contributed by atoms with E-state index in [0.717, 1.165) is 13.1 Å². The number of nitrogens with one attached hydrogen (secondary N) is 1. The SMILES string of the molecule is C=CCN(c1cnccc1CNC(C)(C)C)C(C)(C)C. The summed E-state index contributed by atoms with van der Waals surface area (Å²) in [4.78, 5) is 6.64. The van der Waals surface area contributed by atoms with E-state index >= 15 is 0 Å². The molecule has 0 fully saturated rings. The fourth-order valence-corrected chi connectivity index (χ4v) is 2.03. The normalized spacial score (nSPS) is 12.3. The van der Waals surface area contributed by atoms with Gasteiger partial charge >= 0.3 is 0 Å². The highest BCUT2D eigenvalue weighted by Gasteiger charge is 2.23. The average Bonchev–Trinajstić information content (AvgIpc) is 2.32. The second kappa shape index (κ2) is 6.40. The highest BCUT2D eigenvalue weighted by molar-refractivity contribution is 5.54. The minimum absolute atomic E-state index is 0.0354. The van der Waals surface area contributed by atoms with Crippen LogP contribution in [0.25, 0.3) is 0 Å². The second-order valence-corrected chi connectivity index (χ2v) is 7.18. The highest BCUT2D eigenvalue weighted by atomic mass is 15.2. The number of anilines is 1. The molecule has 0 aliphatic carbocycles. The van der Waals surface area contributed by atoms with Crippen LogP contribution in [-0.4, -0.2) is 22.6 Å². The van der Waals surface area contributed by atoms with E-state index in [0.29, 0.717) is 0 Å². The molecule has 0 aliphatic rings. The van der Waals surface area contributed by atoms with E-state index in [1.165, 1.54) is 11.3 Å². The van der Waals surface area contributed by atoms with Gasteiger partial charge in [-0.15, -0.1) is 6.58 Å². The molecule has 0 saturated carbocycles. The van der Waals surface area contributed by atoms with E-state index in [1.54, 1.807) is 0 Å². The Morgan fingerprint density at radius 3 is 2.40 bits per heavy atom. The van der Waals surface area contributed by atoms with Gasteiger partial charge in [-0.3, -0.25) is 4.98 Å². The van der Waals surface area contributed by atoms with Crippen LogP contribution in [0.5, 0.6) is 0 Å². The van der Waals surface area contributed by atoms with Crippen LogP contribution in [0.1, 0.15) is 47.1 Å². The minimum atomic E-state index is 0.0354. The first kappa shape index (κ1) is 16.7. The third kappa shape index (κ3) is 4.97. The Bertz CT molecular complexity index is 438. The molecule has 0 atom stereocenters. The van der Waals surface area contributed by atoms with Gasteiger partial charge in [-0.05, 0) is 53.2 Å². The molecule has 112 valence electrons. The Balaban J connectivity index is 3.06. The minimum Gasteiger partial charge on any atom is -0.361 e. The van der Waals surface area contributed by atoms with Crippen LogP contribution in [0.15, 0.2) is 31.1 Å². The van der Waals surface area contributed by atoms with Crippen molar-refractivity contribution in [3.8, 4) is 0 Å². The van der Waals surface area contributed by atoms with E-state index in [4.69, 9.17) is 0 Å². The predicted molar refractivity (Wildman–Crippen MR) is 88.1 cm³/mol. The summed E-state index contributed by atoms with van der Waals surface area (Å²) >= 11 is 0. The summed E-state index contributed by atoms with van der Waals surface area (Å²) in [6.07, 6.45) is 5.76. The maximum atomic E-state index is 4.30. The zero-order valence-electron chi connectivity index (χ0n) is 13.8. The molecule has 3 heteroatoms. The van der Waals surface area contributed by atoms with Crippen LogP contribution in [0.4, 0.5) is 5.69 Å². The number of rotatable bonds is 5. The maximum absolute atomic E-state index is 4.30. The van der Waals surface area contributed by atoms with Crippen LogP contribution in [0.2, 0.25) is 0 Å². The first-order chi connectivity index (χ1) is 9.15. The lowest BCUT2D eigenvalue weighted by atomic mass is 10.0. The summed E-state index contributed by atoms with van der Waals surface area (Å²) in [6.45, 7) is 18.7. The Kier molecular flexibility index (Phi) is 5.35. The molecule has 0 bridgehead atoms. The molecule has 1 rings (SSSR count). The summed E-state index contributed by atoms with van der Waals surface area (Å²) in [6, 6.07) is 2.09. The van der Waals surface area contributed by atoms with Crippen LogP contribution < -0.4 is 10.2 Å². The van der Waals surface area contributed by atoms with Crippen LogP contribution in [0, 0.1) is 0 Å². The van der Waals surface area contributed by atoms with Gasteiger partial charge in [-0.2, -0.15) is 0 Å². The van der Waals surface area contributed by atoms with E-state index in [1.807, 2.05) is 18.5 Å². The molecule has 0 amide bonds. The number of hydrogen-bond acceptors (Lipinski definition) is 3. The van der Waals surface area contributed by atoms with Gasteiger partial charge in [0.2, 0.25) is 0 Å². The van der Waals surface area contributed by atoms with E-state index in [2.05, 4.69) is 69.4 Å². The first-order valence-corrected chi connectivity index (χ1v) is 7.21. The summed E-state index contributed by atoms with van der Waals surface area (Å²) in [7, 11) is 0. The number of aromatic nitrogens is 1. The van der Waals surface area contributed by atoms with Crippen molar-refractivity contribution in [2.24, 2.45) is 0 Å². The van der Waals surface area contributed by atoms with Gasteiger partial charge in [0, 0.05) is 30.4 Å². The van der Waals surface area contributed by atoms with Crippen molar-refractivity contribution in [2.75, 3.05) is 11.4 Å². The van der Waals surface area contributed by atoms with Crippen molar-refractivity contribution in [3.63, 3.8) is 0 Å². The van der Waals surface area contributed by atoms with Crippen molar-refractivity contribution >= 4 is 5.69 Å². The van der Waals surface area contributed by atoms with Crippen molar-refractivity contribution in [1.29, 1.82) is 0 Å². The molecule has 1 heterocycles. The summed E-state index contributed by atoms with van der Waals surface area (Å²) in [5.41, 5.74) is 2.59. The van der Waals surface area contributed by atoms with Crippen LogP contribution >= 0.6 is 0 Å². The molecule has 0 unspecified atom stereocenters. The van der Waals surface area contributed by atoms with Crippen molar-refractivity contribution < 1.29 is 0 Å². The molecule has 0 aliphatic heterocycles. The first-order valence-electron chi connectivity index (χ1n) is 7.21. The number of nitrogens with zero attached hydrogens (tertiary/aromatic N) is 2. The van der Waals surface area contributed by atoms with Gasteiger partial charge < -0.3 is 10.2 Å². The lowest BCUT2D eigenvalue weighted by Crippen LogP contribution is -2.43. The Morgan fingerprint density at radius 2 is 1.90 bits per heavy atom. The summed E-state index contributed by atoms with van der Waals surface area (Å²) in [5.74, 6) is 0. The fraction of sp³-hybridized carbons (Fsp3) is 0.588. The molecule has 1 aromatic rings. The van der Waals surface area contributed by atoms with Gasteiger partial charge in [0.25, 0.3) is 0 Å². The smallest absolute Gasteiger partial charge is 0.0605 e. The number of pyridine rings is 1. The predicted octanol–water partition coefficient (Wildman–Crippen LogP) is 3.76. The number of hydrogen-bond donors (Lipinski definition) is 1. The molecule has 0 aromatic carbocycles. The van der Waals surface area contributed by atoms with Gasteiger partial charge in [-0.1, -0.05) is 6.08 Å². The molecule has 3 nitrogen and oxygen atoms in total. The highest BCUT2D eigenvalue weighted by Crippen LogP contribution is 2.27. The quantitative estimate of drug-likeness (QED) is 0.829. The van der Waals surface area contributed by atoms with Crippen molar-refractivity contribution in [3.05, 3.63) is 36.7 Å². The molecule has 20 heavy (non-hydrogen) atoms. The van der Waals surface area contributed by atoms with E-state index < -0.39 is 0 Å². The molecule has 1 aromatic heterocycles. The van der Waals surface area contributed by atoms with Crippen molar-refractivity contribution in [2.45, 2.75) is 59.2 Å². The maximum Gasteiger partial charge on any atom is 0.0605 e. The monoisotopic (exact) mass is 275 g/mol. The lowest BCUT2D eigenvalue weighted by molar-refractivity contribution is 0.423. The van der Waals surface area contributed by atoms with Gasteiger partial charge in [0.1, 0.15) is 0 Å². The molecular formula is C17H29N3. The largest absolute Gasteiger partial charge is 0.361 e. The summed E-state index contributed by atoms with van der Waals surface area (Å²) in [5, 5.41) is 3.55. The zero-order valence-corrected chi connectivity index (χ0v) is 13.8. The van der Waals surface area contributed by atoms with Gasteiger partial charge in [-0.25, -0.2) is 0 Å². The third-order valence-electron chi connectivity index (χ3n) is 3.11. The molecule has 0 spiro atoms. The fourth-order valence-electron chi connectivity index (χ4n) is 2.03. The molecule has 1 N–H and O–H groups in total. The Labute approximate surface area is 124 Å². The second-order valence-electron chi connectivity index (χ2n) is 7.18. The standard InChI is InChI=1S/C17H29N3/c1-8-11-20(17(5,6)7)15-13-18-10-9-14(15)12-19-16(2,3)4/h8-10,13,19H,1,11-12H2,2-7H3. The van der Waals surface area contributed by atoms with Crippen LogP contribution in [0.3, 0.4) is 0 Å². The molecular weight excluding hydrogens is 246 g/mol. The molecule has 0 saturated heterocycles. The Morgan fingerprint density at radius 1 is 1.25 bits per heavy atom. The van der Waals surface area contributed by atoms with Gasteiger partial charge in [0.05, 0.1) is 11.9 Å². The van der Waals surface area contributed by atoms with Gasteiger partial charge in [0.15, 0.2) is 0 Å². The summed E-state index contributed by atoms with van der Waals surface area (Å²) < 4.78 is 0. The average molecular weight is 275 g/mol. The third-order valence-corrected chi connectivity index (χ3v) is 3.11. The topological polar surface area (TPSA) is 28.2 Å². The van der Waals surface area contributed by atoms with Crippen molar-refractivity contribution in [1.82, 2.24) is 10.3 Å². The van der Waals surface area contributed by atoms with Crippen LogP contribution in [-0.2, 0) is 6.54 Å². The lowest BCUT2D eigenvalue weighted by Gasteiger charge is -2.38. The molecule has 0 radical (unpaired) electrons. The zero-order chi connectivity index (χ0) is 15.4. The van der Waals surface area contributed by atoms with E-state index in [-0.39, 0.29) is 11.1 Å². The Hall–Kier alpha value is -1.35.